The lowest BCUT2D eigenvalue weighted by molar-refractivity contribution is -0.109. The van der Waals surface area contributed by atoms with Crippen molar-refractivity contribution in [2.75, 3.05) is 13.7 Å². The summed E-state index contributed by atoms with van der Waals surface area (Å²) >= 11 is 0. The first-order valence-corrected chi connectivity index (χ1v) is 7.65. The van der Waals surface area contributed by atoms with Crippen LogP contribution in [0.15, 0.2) is 27.6 Å². The van der Waals surface area contributed by atoms with E-state index in [4.69, 9.17) is 23.4 Å². The quantitative estimate of drug-likeness (QED) is 0.603. The molecule has 2 atom stereocenters. The summed E-state index contributed by atoms with van der Waals surface area (Å²) in [5.41, 5.74) is -1.67. The van der Waals surface area contributed by atoms with Crippen molar-refractivity contribution >= 4 is 16.9 Å². The number of fused-ring (bicyclic) bond motifs is 7. The summed E-state index contributed by atoms with van der Waals surface area (Å²) in [5, 5.41) is 11.4. The number of benzene rings is 1. The first-order valence-electron chi connectivity index (χ1n) is 7.65. The van der Waals surface area contributed by atoms with E-state index in [1.807, 2.05) is 0 Å². The van der Waals surface area contributed by atoms with Crippen LogP contribution in [0.3, 0.4) is 0 Å². The van der Waals surface area contributed by atoms with Gasteiger partial charge in [0.15, 0.2) is 11.2 Å². The molecule has 0 fully saturated rings. The number of methoxy groups -OCH3 is 1. The molecule has 1 N–H and O–H groups in total. The molecule has 0 saturated heterocycles. The van der Waals surface area contributed by atoms with Crippen LogP contribution in [0.1, 0.15) is 21.5 Å². The minimum atomic E-state index is -1.58. The highest BCUT2D eigenvalue weighted by Crippen LogP contribution is 2.51. The molecule has 0 aliphatic carbocycles. The van der Waals surface area contributed by atoms with Gasteiger partial charge < -0.3 is 28.5 Å². The Balaban J connectivity index is 1.96. The molecule has 5 rings (SSSR count). The number of ether oxygens (including phenoxy) is 4. The number of rotatable bonds is 1. The Morgan fingerprint density at radius 2 is 2.20 bits per heavy atom. The Labute approximate surface area is 140 Å². The SMILES string of the molecule is COc1cc2c(c3oc(=O)c4c(c13)CCOC4=O)[C@]1(O)C=CO[C@H]1O2. The lowest BCUT2D eigenvalue weighted by Crippen LogP contribution is -2.33. The lowest BCUT2D eigenvalue weighted by atomic mass is 9.90. The molecular formula is C17H12O8. The fourth-order valence-corrected chi connectivity index (χ4v) is 3.63. The third-order valence-corrected chi connectivity index (χ3v) is 4.74. The van der Waals surface area contributed by atoms with Gasteiger partial charge in [-0.1, -0.05) is 0 Å². The number of cyclic esters (lactones) is 1. The van der Waals surface area contributed by atoms with Crippen molar-refractivity contribution in [2.24, 2.45) is 0 Å². The molecule has 1 aromatic carbocycles. The lowest BCUT2D eigenvalue weighted by Gasteiger charge is -2.21. The van der Waals surface area contributed by atoms with Gasteiger partial charge in [-0.15, -0.1) is 0 Å². The van der Waals surface area contributed by atoms with E-state index in [-0.39, 0.29) is 23.3 Å². The van der Waals surface area contributed by atoms with Crippen LogP contribution in [0.5, 0.6) is 11.5 Å². The van der Waals surface area contributed by atoms with Crippen molar-refractivity contribution in [3.05, 3.63) is 45.5 Å². The zero-order chi connectivity index (χ0) is 17.3. The molecule has 128 valence electrons. The molecule has 3 aliphatic rings. The van der Waals surface area contributed by atoms with Gasteiger partial charge in [0.25, 0.3) is 6.29 Å². The van der Waals surface area contributed by atoms with Crippen LogP contribution in [0, 0.1) is 0 Å². The van der Waals surface area contributed by atoms with Gasteiger partial charge in [-0.25, -0.2) is 9.59 Å². The van der Waals surface area contributed by atoms with Crippen molar-refractivity contribution < 1.29 is 33.3 Å². The van der Waals surface area contributed by atoms with Crippen molar-refractivity contribution in [3.8, 4) is 11.5 Å². The van der Waals surface area contributed by atoms with Crippen molar-refractivity contribution in [3.63, 3.8) is 0 Å². The number of hydrogen-bond donors (Lipinski definition) is 1. The van der Waals surface area contributed by atoms with Crippen LogP contribution in [0.2, 0.25) is 0 Å². The first-order chi connectivity index (χ1) is 12.0. The Hall–Kier alpha value is -3.00. The van der Waals surface area contributed by atoms with E-state index in [2.05, 4.69) is 0 Å². The van der Waals surface area contributed by atoms with Gasteiger partial charge in [0.05, 0.1) is 30.9 Å². The highest BCUT2D eigenvalue weighted by atomic mass is 16.7. The molecular weight excluding hydrogens is 332 g/mol. The number of esters is 1. The molecule has 0 saturated carbocycles. The van der Waals surface area contributed by atoms with Gasteiger partial charge >= 0.3 is 11.6 Å². The fraction of sp³-hybridized carbons (Fsp3) is 0.294. The van der Waals surface area contributed by atoms with Gasteiger partial charge in [0, 0.05) is 12.5 Å². The summed E-state index contributed by atoms with van der Waals surface area (Å²) in [6.07, 6.45) is 2.14. The van der Waals surface area contributed by atoms with Crippen LogP contribution in [-0.2, 0) is 21.5 Å². The first kappa shape index (κ1) is 14.4. The molecule has 0 radical (unpaired) electrons. The zero-order valence-corrected chi connectivity index (χ0v) is 13.0. The number of aliphatic hydroxyl groups is 1. The average molecular weight is 344 g/mol. The predicted molar refractivity (Wildman–Crippen MR) is 81.6 cm³/mol. The second kappa shape index (κ2) is 4.54. The maximum absolute atomic E-state index is 12.4. The smallest absolute Gasteiger partial charge is 0.351 e. The van der Waals surface area contributed by atoms with Crippen LogP contribution in [-0.4, -0.2) is 31.1 Å². The Morgan fingerprint density at radius 1 is 1.36 bits per heavy atom. The molecule has 0 amide bonds. The second-order valence-corrected chi connectivity index (χ2v) is 6.00. The molecule has 3 aliphatic heterocycles. The standard InChI is InChI=1S/C17H12O8/c1-21-8-6-9-12(17(20)3-5-23-16(17)24-9)13-10(8)7-2-4-22-14(18)11(7)15(19)25-13/h3,5-6,16,20H,2,4H2,1H3/t16-,17+/m0/s1. The van der Waals surface area contributed by atoms with Gasteiger partial charge in [-0.2, -0.15) is 0 Å². The van der Waals surface area contributed by atoms with Crippen LogP contribution in [0.4, 0.5) is 0 Å². The second-order valence-electron chi connectivity index (χ2n) is 6.00. The van der Waals surface area contributed by atoms with E-state index in [9.17, 15) is 14.7 Å². The minimum absolute atomic E-state index is 0.118. The largest absolute Gasteiger partial charge is 0.496 e. The van der Waals surface area contributed by atoms with Gasteiger partial charge in [-0.3, -0.25) is 0 Å². The molecule has 1 aromatic heterocycles. The van der Waals surface area contributed by atoms with Gasteiger partial charge in [0.1, 0.15) is 17.1 Å². The summed E-state index contributed by atoms with van der Waals surface area (Å²) in [7, 11) is 1.46. The van der Waals surface area contributed by atoms with Gasteiger partial charge in [-0.05, 0) is 11.6 Å². The van der Waals surface area contributed by atoms with Crippen molar-refractivity contribution in [1.82, 2.24) is 0 Å². The third kappa shape index (κ3) is 1.64. The summed E-state index contributed by atoms with van der Waals surface area (Å²) in [6, 6.07) is 1.59. The van der Waals surface area contributed by atoms with Crippen LogP contribution < -0.4 is 15.1 Å². The number of hydrogen-bond acceptors (Lipinski definition) is 8. The number of carbonyl (C=O) groups is 1. The fourth-order valence-electron chi connectivity index (χ4n) is 3.63. The van der Waals surface area contributed by atoms with Crippen LogP contribution in [0.25, 0.3) is 11.0 Å². The van der Waals surface area contributed by atoms with E-state index in [0.717, 1.165) is 0 Å². The van der Waals surface area contributed by atoms with E-state index >= 15 is 0 Å². The summed E-state index contributed by atoms with van der Waals surface area (Å²) < 4.78 is 26.7. The van der Waals surface area contributed by atoms with E-state index in [1.54, 1.807) is 6.07 Å². The summed E-state index contributed by atoms with van der Waals surface area (Å²) in [4.78, 5) is 24.4. The maximum atomic E-state index is 12.4. The predicted octanol–water partition coefficient (Wildman–Crippen LogP) is 0.964. The van der Waals surface area contributed by atoms with Crippen molar-refractivity contribution in [1.29, 1.82) is 0 Å². The monoisotopic (exact) mass is 344 g/mol. The Morgan fingerprint density at radius 3 is 3.00 bits per heavy atom. The average Bonchev–Trinajstić information content (AvgIpc) is 3.07. The molecule has 8 heteroatoms. The minimum Gasteiger partial charge on any atom is -0.496 e. The normalized spacial score (nSPS) is 25.7. The highest BCUT2D eigenvalue weighted by molar-refractivity contribution is 6.01. The zero-order valence-electron chi connectivity index (χ0n) is 13.0. The van der Waals surface area contributed by atoms with Gasteiger partial charge in [0.2, 0.25) is 0 Å². The van der Waals surface area contributed by atoms with Crippen molar-refractivity contribution in [2.45, 2.75) is 18.3 Å². The molecule has 0 spiro atoms. The summed E-state index contributed by atoms with van der Waals surface area (Å²) in [6.45, 7) is 0.150. The van der Waals surface area contributed by atoms with Crippen LogP contribution >= 0.6 is 0 Å². The topological polar surface area (TPSA) is 104 Å². The highest BCUT2D eigenvalue weighted by Gasteiger charge is 2.53. The maximum Gasteiger partial charge on any atom is 0.351 e. The molecule has 25 heavy (non-hydrogen) atoms. The molecule has 4 heterocycles. The molecule has 2 aromatic rings. The summed E-state index contributed by atoms with van der Waals surface area (Å²) in [5.74, 6) is -0.0601. The molecule has 0 bridgehead atoms. The molecule has 0 unspecified atom stereocenters. The molecule has 8 nitrogen and oxygen atoms in total. The third-order valence-electron chi connectivity index (χ3n) is 4.74. The number of carbonyl (C=O) groups excluding carboxylic acids is 1. The van der Waals surface area contributed by atoms with E-state index in [1.165, 1.54) is 19.4 Å². The Kier molecular flexibility index (Phi) is 2.61. The van der Waals surface area contributed by atoms with E-state index < -0.39 is 23.5 Å². The Bertz CT molecular complexity index is 1030. The van der Waals surface area contributed by atoms with E-state index in [0.29, 0.717) is 28.9 Å².